The summed E-state index contributed by atoms with van der Waals surface area (Å²) >= 11 is 0. The van der Waals surface area contributed by atoms with Gasteiger partial charge in [0.1, 0.15) is 6.04 Å². The van der Waals surface area contributed by atoms with E-state index in [0.717, 1.165) is 24.1 Å². The van der Waals surface area contributed by atoms with Gasteiger partial charge < -0.3 is 14.9 Å². The van der Waals surface area contributed by atoms with Crippen LogP contribution < -0.4 is 4.90 Å². The number of hydrogen-bond acceptors (Lipinski definition) is 3. The van der Waals surface area contributed by atoms with E-state index in [0.29, 0.717) is 32.4 Å². The zero-order chi connectivity index (χ0) is 17.1. The minimum atomic E-state index is -0.930. The van der Waals surface area contributed by atoms with Crippen LogP contribution in [0.1, 0.15) is 37.7 Å². The molecule has 6 heteroatoms. The molecule has 0 aromatic heterocycles. The summed E-state index contributed by atoms with van der Waals surface area (Å²) in [5.74, 6) is -0.968. The van der Waals surface area contributed by atoms with Crippen LogP contribution in [0.5, 0.6) is 0 Å². The average molecular weight is 330 g/mol. The number of para-hydroxylation sites is 1. The third kappa shape index (κ3) is 3.27. The highest BCUT2D eigenvalue weighted by molar-refractivity contribution is 5.96. The number of carbonyl (C=O) groups is 3. The average Bonchev–Trinajstić information content (AvgIpc) is 3.07. The lowest BCUT2D eigenvalue weighted by Gasteiger charge is -2.29. The molecule has 1 fully saturated rings. The van der Waals surface area contributed by atoms with Gasteiger partial charge in [-0.3, -0.25) is 9.59 Å². The highest BCUT2D eigenvalue weighted by Crippen LogP contribution is 2.28. The van der Waals surface area contributed by atoms with Gasteiger partial charge in [-0.1, -0.05) is 18.2 Å². The van der Waals surface area contributed by atoms with E-state index in [-0.39, 0.29) is 18.2 Å². The first-order valence-corrected chi connectivity index (χ1v) is 8.48. The molecule has 0 bridgehead atoms. The first-order valence-electron chi connectivity index (χ1n) is 8.48. The van der Waals surface area contributed by atoms with Crippen molar-refractivity contribution < 1.29 is 19.5 Å². The summed E-state index contributed by atoms with van der Waals surface area (Å²) in [6.45, 7) is 1.01. The number of rotatable bonds is 5. The third-order valence-corrected chi connectivity index (χ3v) is 4.82. The van der Waals surface area contributed by atoms with Crippen molar-refractivity contribution in [2.75, 3.05) is 18.0 Å². The molecule has 1 aromatic carbocycles. The molecular formula is C18H22N2O4. The highest BCUT2D eigenvalue weighted by Gasteiger charge is 2.33. The Balaban J connectivity index is 1.57. The van der Waals surface area contributed by atoms with Crippen LogP contribution in [-0.4, -0.2) is 46.9 Å². The molecule has 1 atom stereocenters. The molecule has 2 aliphatic heterocycles. The summed E-state index contributed by atoms with van der Waals surface area (Å²) in [4.78, 5) is 38.9. The van der Waals surface area contributed by atoms with E-state index in [4.69, 9.17) is 5.11 Å². The van der Waals surface area contributed by atoms with Gasteiger partial charge in [-0.25, -0.2) is 4.79 Å². The van der Waals surface area contributed by atoms with E-state index in [2.05, 4.69) is 0 Å². The maximum Gasteiger partial charge on any atom is 0.326 e. The fraction of sp³-hybridized carbons (Fsp3) is 0.500. The van der Waals surface area contributed by atoms with Crippen LogP contribution in [0.2, 0.25) is 0 Å². The van der Waals surface area contributed by atoms with E-state index < -0.39 is 12.0 Å². The standard InChI is InChI=1S/C18H22N2O4/c21-16(20-11-3-7-15(20)18(23)24)8-4-12-19-14-6-2-1-5-13(14)9-10-17(19)22/h1-2,5-6,15H,3-4,7-12H2,(H,23,24)/t15-/m1/s1. The lowest BCUT2D eigenvalue weighted by Crippen LogP contribution is -2.41. The number of benzene rings is 1. The number of hydrogen-bond donors (Lipinski definition) is 1. The largest absolute Gasteiger partial charge is 0.480 e. The van der Waals surface area contributed by atoms with Crippen LogP contribution in [0, 0.1) is 0 Å². The number of carboxylic acids is 1. The number of aryl methyl sites for hydroxylation is 1. The molecule has 2 heterocycles. The fourth-order valence-corrected chi connectivity index (χ4v) is 3.60. The molecule has 6 nitrogen and oxygen atoms in total. The molecule has 24 heavy (non-hydrogen) atoms. The molecule has 0 spiro atoms. The summed E-state index contributed by atoms with van der Waals surface area (Å²) in [5, 5.41) is 9.16. The second-order valence-corrected chi connectivity index (χ2v) is 6.36. The van der Waals surface area contributed by atoms with E-state index >= 15 is 0 Å². The zero-order valence-electron chi connectivity index (χ0n) is 13.6. The summed E-state index contributed by atoms with van der Waals surface area (Å²) in [6, 6.07) is 7.17. The molecule has 0 aliphatic carbocycles. The van der Waals surface area contributed by atoms with Crippen LogP contribution in [0.25, 0.3) is 0 Å². The Morgan fingerprint density at radius 1 is 1.21 bits per heavy atom. The number of nitrogens with zero attached hydrogens (tertiary/aromatic N) is 2. The van der Waals surface area contributed by atoms with Crippen molar-refractivity contribution >= 4 is 23.5 Å². The van der Waals surface area contributed by atoms with E-state index in [1.807, 2.05) is 24.3 Å². The van der Waals surface area contributed by atoms with Crippen molar-refractivity contribution in [2.24, 2.45) is 0 Å². The number of amides is 2. The lowest BCUT2D eigenvalue weighted by molar-refractivity contribution is -0.148. The van der Waals surface area contributed by atoms with Gasteiger partial charge in [-0.05, 0) is 37.3 Å². The Morgan fingerprint density at radius 3 is 2.79 bits per heavy atom. The molecule has 128 valence electrons. The van der Waals surface area contributed by atoms with Gasteiger partial charge >= 0.3 is 5.97 Å². The molecule has 2 aliphatic rings. The predicted molar refractivity (Wildman–Crippen MR) is 88.7 cm³/mol. The van der Waals surface area contributed by atoms with Crippen LogP contribution >= 0.6 is 0 Å². The summed E-state index contributed by atoms with van der Waals surface area (Å²) < 4.78 is 0. The van der Waals surface area contributed by atoms with Gasteiger partial charge in [0.2, 0.25) is 11.8 Å². The Morgan fingerprint density at radius 2 is 2.00 bits per heavy atom. The van der Waals surface area contributed by atoms with E-state index in [1.165, 1.54) is 4.90 Å². The second kappa shape index (κ2) is 7.03. The van der Waals surface area contributed by atoms with E-state index in [9.17, 15) is 14.4 Å². The van der Waals surface area contributed by atoms with Gasteiger partial charge in [-0.2, -0.15) is 0 Å². The number of aliphatic carboxylic acids is 1. The molecular weight excluding hydrogens is 308 g/mol. The molecule has 1 aromatic rings. The molecule has 0 radical (unpaired) electrons. The second-order valence-electron chi connectivity index (χ2n) is 6.36. The highest BCUT2D eigenvalue weighted by atomic mass is 16.4. The molecule has 2 amide bonds. The summed E-state index contributed by atoms with van der Waals surface area (Å²) in [5.41, 5.74) is 2.10. The van der Waals surface area contributed by atoms with Gasteiger partial charge in [0.05, 0.1) is 0 Å². The Hall–Kier alpha value is -2.37. The molecule has 1 saturated heterocycles. The maximum atomic E-state index is 12.3. The molecule has 0 saturated carbocycles. The number of carbonyl (C=O) groups excluding carboxylic acids is 2. The van der Waals surface area contributed by atoms with Crippen LogP contribution in [-0.2, 0) is 20.8 Å². The number of carboxylic acid groups (broad SMARTS) is 1. The van der Waals surface area contributed by atoms with Crippen molar-refractivity contribution in [3.05, 3.63) is 29.8 Å². The van der Waals surface area contributed by atoms with Crippen molar-refractivity contribution in [1.82, 2.24) is 4.90 Å². The molecule has 1 N–H and O–H groups in total. The lowest BCUT2D eigenvalue weighted by atomic mass is 10.0. The first-order chi connectivity index (χ1) is 11.6. The van der Waals surface area contributed by atoms with Crippen LogP contribution in [0.15, 0.2) is 24.3 Å². The monoisotopic (exact) mass is 330 g/mol. The van der Waals surface area contributed by atoms with E-state index in [1.54, 1.807) is 4.90 Å². The number of fused-ring (bicyclic) bond motifs is 1. The minimum absolute atomic E-state index is 0.0886. The van der Waals surface area contributed by atoms with Crippen molar-refractivity contribution in [2.45, 2.75) is 44.6 Å². The third-order valence-electron chi connectivity index (χ3n) is 4.82. The van der Waals surface area contributed by atoms with Crippen LogP contribution in [0.4, 0.5) is 5.69 Å². The predicted octanol–water partition coefficient (Wildman–Crippen LogP) is 1.82. The van der Waals surface area contributed by atoms with Crippen molar-refractivity contribution in [3.8, 4) is 0 Å². The van der Waals surface area contributed by atoms with Crippen molar-refractivity contribution in [1.29, 1.82) is 0 Å². The smallest absolute Gasteiger partial charge is 0.326 e. The van der Waals surface area contributed by atoms with Gasteiger partial charge in [0.15, 0.2) is 0 Å². The van der Waals surface area contributed by atoms with Gasteiger partial charge in [-0.15, -0.1) is 0 Å². The number of anilines is 1. The molecule has 0 unspecified atom stereocenters. The maximum absolute atomic E-state index is 12.3. The Bertz CT molecular complexity index is 658. The summed E-state index contributed by atoms with van der Waals surface area (Å²) in [6.07, 6.45) is 3.34. The normalized spacial score (nSPS) is 20.2. The van der Waals surface area contributed by atoms with Gasteiger partial charge in [0.25, 0.3) is 0 Å². The van der Waals surface area contributed by atoms with Crippen molar-refractivity contribution in [3.63, 3.8) is 0 Å². The Kier molecular flexibility index (Phi) is 4.83. The topological polar surface area (TPSA) is 77.9 Å². The SMILES string of the molecule is O=C(O)[C@H]1CCCN1C(=O)CCCN1C(=O)CCc2ccccc21. The first kappa shape index (κ1) is 16.5. The number of likely N-dealkylation sites (tertiary alicyclic amines) is 1. The van der Waals surface area contributed by atoms with Crippen LogP contribution in [0.3, 0.4) is 0 Å². The minimum Gasteiger partial charge on any atom is -0.480 e. The molecule has 3 rings (SSSR count). The quantitative estimate of drug-likeness (QED) is 0.893. The van der Waals surface area contributed by atoms with Gasteiger partial charge in [0, 0.05) is 31.6 Å². The summed E-state index contributed by atoms with van der Waals surface area (Å²) in [7, 11) is 0. The Labute approximate surface area is 141 Å². The zero-order valence-corrected chi connectivity index (χ0v) is 13.6. The fourth-order valence-electron chi connectivity index (χ4n) is 3.60.